The molecule has 0 saturated heterocycles. The fourth-order valence-corrected chi connectivity index (χ4v) is 2.67. The smallest absolute Gasteiger partial charge is 0.335 e. The van der Waals surface area contributed by atoms with Gasteiger partial charge in [0.25, 0.3) is 0 Å². The van der Waals surface area contributed by atoms with E-state index < -0.39 is 5.97 Å². The number of fused-ring (bicyclic) bond motifs is 1. The van der Waals surface area contributed by atoms with Crippen LogP contribution in [0, 0.1) is 0 Å². The van der Waals surface area contributed by atoms with E-state index in [1.165, 1.54) is 5.69 Å². The number of carboxylic acids is 1. The van der Waals surface area contributed by atoms with Gasteiger partial charge in [0.1, 0.15) is 5.82 Å². The molecule has 0 amide bonds. The van der Waals surface area contributed by atoms with E-state index in [2.05, 4.69) is 14.9 Å². The minimum Gasteiger partial charge on any atom is -0.478 e. The summed E-state index contributed by atoms with van der Waals surface area (Å²) >= 11 is 0. The Balaban J connectivity index is 1.90. The van der Waals surface area contributed by atoms with Crippen LogP contribution in [0.3, 0.4) is 0 Å². The normalized spacial score (nSPS) is 14.1. The first-order valence-electron chi connectivity index (χ1n) is 6.71. The molecule has 20 heavy (non-hydrogen) atoms. The van der Waals surface area contributed by atoms with Crippen molar-refractivity contribution in [2.24, 2.45) is 7.05 Å². The second-order valence-electron chi connectivity index (χ2n) is 5.09. The Morgan fingerprint density at radius 3 is 3.10 bits per heavy atom. The Morgan fingerprint density at radius 2 is 2.35 bits per heavy atom. The molecule has 2 aromatic rings. The molecule has 104 valence electrons. The highest BCUT2D eigenvalue weighted by Gasteiger charge is 2.17. The number of hydrogen-bond donors (Lipinski definition) is 2. The molecule has 5 nitrogen and oxygen atoms in total. The van der Waals surface area contributed by atoms with Crippen molar-refractivity contribution in [2.75, 3.05) is 6.54 Å². The summed E-state index contributed by atoms with van der Waals surface area (Å²) in [7, 11) is 2.04. The topological polar surface area (TPSA) is 67.2 Å². The SMILES string of the molecule is Cn1c(Cc2cccc(C(=O)O)c2)nc2c1CCNC2. The van der Waals surface area contributed by atoms with E-state index in [4.69, 9.17) is 5.11 Å². The number of nitrogens with one attached hydrogen (secondary N) is 1. The maximum atomic E-state index is 11.0. The second kappa shape index (κ2) is 5.09. The zero-order valence-electron chi connectivity index (χ0n) is 11.4. The van der Waals surface area contributed by atoms with Crippen LogP contribution >= 0.6 is 0 Å². The van der Waals surface area contributed by atoms with Gasteiger partial charge in [-0.1, -0.05) is 12.1 Å². The molecule has 0 atom stereocenters. The average Bonchev–Trinajstić information content (AvgIpc) is 2.76. The number of benzene rings is 1. The maximum absolute atomic E-state index is 11.0. The van der Waals surface area contributed by atoms with Gasteiger partial charge < -0.3 is 15.0 Å². The minimum atomic E-state index is -0.893. The lowest BCUT2D eigenvalue weighted by atomic mass is 10.1. The van der Waals surface area contributed by atoms with Gasteiger partial charge in [-0.15, -0.1) is 0 Å². The number of rotatable bonds is 3. The van der Waals surface area contributed by atoms with Crippen molar-refractivity contribution in [3.63, 3.8) is 0 Å². The van der Waals surface area contributed by atoms with Crippen molar-refractivity contribution in [1.29, 1.82) is 0 Å². The number of nitrogens with zero attached hydrogens (tertiary/aromatic N) is 2. The highest BCUT2D eigenvalue weighted by Crippen LogP contribution is 2.17. The highest BCUT2D eigenvalue weighted by atomic mass is 16.4. The molecule has 0 aliphatic carbocycles. The van der Waals surface area contributed by atoms with Crippen molar-refractivity contribution in [1.82, 2.24) is 14.9 Å². The third-order valence-electron chi connectivity index (χ3n) is 3.76. The summed E-state index contributed by atoms with van der Waals surface area (Å²) < 4.78 is 2.14. The van der Waals surface area contributed by atoms with Crippen LogP contribution in [0.4, 0.5) is 0 Å². The quantitative estimate of drug-likeness (QED) is 0.884. The third-order valence-corrected chi connectivity index (χ3v) is 3.76. The Morgan fingerprint density at radius 1 is 1.50 bits per heavy atom. The second-order valence-corrected chi connectivity index (χ2v) is 5.09. The molecule has 1 aromatic heterocycles. The van der Waals surface area contributed by atoms with Crippen LogP contribution in [-0.2, 0) is 26.4 Å². The van der Waals surface area contributed by atoms with Crippen LogP contribution in [0.15, 0.2) is 24.3 Å². The molecule has 3 rings (SSSR count). The summed E-state index contributed by atoms with van der Waals surface area (Å²) in [5.74, 6) is 0.0939. The van der Waals surface area contributed by atoms with Crippen LogP contribution in [-0.4, -0.2) is 27.2 Å². The number of aromatic carboxylic acids is 1. The van der Waals surface area contributed by atoms with Crippen molar-refractivity contribution < 1.29 is 9.90 Å². The molecule has 1 aromatic carbocycles. The molecule has 2 heterocycles. The summed E-state index contributed by atoms with van der Waals surface area (Å²) in [6.45, 7) is 1.80. The molecule has 0 radical (unpaired) electrons. The predicted molar refractivity (Wildman–Crippen MR) is 74.8 cm³/mol. The summed E-state index contributed by atoms with van der Waals surface area (Å²) in [5, 5.41) is 12.3. The van der Waals surface area contributed by atoms with Crippen molar-refractivity contribution in [2.45, 2.75) is 19.4 Å². The largest absolute Gasteiger partial charge is 0.478 e. The van der Waals surface area contributed by atoms with E-state index in [0.29, 0.717) is 12.0 Å². The number of imidazole rings is 1. The average molecular weight is 271 g/mol. The lowest BCUT2D eigenvalue weighted by Crippen LogP contribution is -2.24. The van der Waals surface area contributed by atoms with Gasteiger partial charge in [-0.3, -0.25) is 0 Å². The van der Waals surface area contributed by atoms with Gasteiger partial charge in [0, 0.05) is 38.7 Å². The van der Waals surface area contributed by atoms with Crippen LogP contribution < -0.4 is 5.32 Å². The molecule has 1 aliphatic rings. The van der Waals surface area contributed by atoms with Crippen LogP contribution in [0.2, 0.25) is 0 Å². The van der Waals surface area contributed by atoms with E-state index >= 15 is 0 Å². The zero-order valence-corrected chi connectivity index (χ0v) is 11.4. The molecule has 0 unspecified atom stereocenters. The molecule has 2 N–H and O–H groups in total. The van der Waals surface area contributed by atoms with E-state index in [0.717, 1.165) is 36.6 Å². The van der Waals surface area contributed by atoms with E-state index in [1.807, 2.05) is 13.1 Å². The first-order valence-corrected chi connectivity index (χ1v) is 6.71. The fourth-order valence-electron chi connectivity index (χ4n) is 2.67. The van der Waals surface area contributed by atoms with Crippen molar-refractivity contribution in [3.05, 3.63) is 52.6 Å². The molecule has 1 aliphatic heterocycles. The lowest BCUT2D eigenvalue weighted by molar-refractivity contribution is 0.0697. The summed E-state index contributed by atoms with van der Waals surface area (Å²) in [5.41, 5.74) is 3.70. The van der Waals surface area contributed by atoms with Gasteiger partial charge >= 0.3 is 5.97 Å². The monoisotopic (exact) mass is 271 g/mol. The van der Waals surface area contributed by atoms with E-state index in [1.54, 1.807) is 18.2 Å². The minimum absolute atomic E-state index is 0.322. The van der Waals surface area contributed by atoms with E-state index in [-0.39, 0.29) is 0 Å². The van der Waals surface area contributed by atoms with Crippen LogP contribution in [0.1, 0.15) is 33.1 Å². The summed E-state index contributed by atoms with van der Waals surface area (Å²) in [6, 6.07) is 7.05. The van der Waals surface area contributed by atoms with E-state index in [9.17, 15) is 4.79 Å². The molecule has 5 heteroatoms. The lowest BCUT2D eigenvalue weighted by Gasteiger charge is -2.13. The van der Waals surface area contributed by atoms with Crippen molar-refractivity contribution >= 4 is 5.97 Å². The van der Waals surface area contributed by atoms with Crippen LogP contribution in [0.5, 0.6) is 0 Å². The zero-order chi connectivity index (χ0) is 14.1. The van der Waals surface area contributed by atoms with Gasteiger partial charge in [-0.25, -0.2) is 9.78 Å². The fraction of sp³-hybridized carbons (Fsp3) is 0.333. The standard InChI is InChI=1S/C15H17N3O2/c1-18-13-5-6-16-9-12(13)17-14(18)8-10-3-2-4-11(7-10)15(19)20/h2-4,7,16H,5-6,8-9H2,1H3,(H,19,20). The number of aromatic nitrogens is 2. The number of carboxylic acid groups (broad SMARTS) is 1. The molecule has 0 spiro atoms. The van der Waals surface area contributed by atoms with Gasteiger partial charge in [0.2, 0.25) is 0 Å². The Hall–Kier alpha value is -2.14. The molecule has 0 fully saturated rings. The Kier molecular flexibility index (Phi) is 3.28. The molecule has 0 bridgehead atoms. The van der Waals surface area contributed by atoms with Gasteiger partial charge in [0.05, 0.1) is 11.3 Å². The number of carbonyl (C=O) groups is 1. The highest BCUT2D eigenvalue weighted by molar-refractivity contribution is 5.87. The third kappa shape index (κ3) is 2.32. The van der Waals surface area contributed by atoms with Gasteiger partial charge in [0.15, 0.2) is 0 Å². The Bertz CT molecular complexity index is 661. The molecule has 0 saturated carbocycles. The summed E-state index contributed by atoms with van der Waals surface area (Å²) in [4.78, 5) is 15.7. The first-order chi connectivity index (χ1) is 9.65. The maximum Gasteiger partial charge on any atom is 0.335 e. The van der Waals surface area contributed by atoms with Gasteiger partial charge in [-0.2, -0.15) is 0 Å². The van der Waals surface area contributed by atoms with Crippen molar-refractivity contribution in [3.8, 4) is 0 Å². The predicted octanol–water partition coefficient (Wildman–Crippen LogP) is 1.35. The number of hydrogen-bond acceptors (Lipinski definition) is 3. The Labute approximate surface area is 117 Å². The van der Waals surface area contributed by atoms with Gasteiger partial charge in [-0.05, 0) is 17.7 Å². The van der Waals surface area contributed by atoms with Crippen LogP contribution in [0.25, 0.3) is 0 Å². The molecular formula is C15H17N3O2. The molecular weight excluding hydrogens is 254 g/mol. The summed E-state index contributed by atoms with van der Waals surface area (Å²) in [6.07, 6.45) is 1.65. The first kappa shape index (κ1) is 12.9.